The lowest BCUT2D eigenvalue weighted by Crippen LogP contribution is -2.38. The number of hydrogen-bond donors (Lipinski definition) is 1. The van der Waals surface area contributed by atoms with Crippen molar-refractivity contribution in [3.05, 3.63) is 64.2 Å². The maximum Gasteiger partial charge on any atom is 0.225 e. The standard InChI is InChI=1S/C27H35FN4O2S/c1-19(28)12-16-34-27-8-5-22-10-14-32(15-11-25(22)31-27)13-9-21-3-6-23(7-4-21)30-26(33)17-24-18-29-20(2)35-24/h5,8,12,16,18,21,23H,1,3-4,6-7,9-11,13-15,17H2,2H3,(H,30,33)/b16-12+. The summed E-state index contributed by atoms with van der Waals surface area (Å²) in [5.41, 5.74) is 2.34. The summed E-state index contributed by atoms with van der Waals surface area (Å²) in [5.74, 6) is 0.789. The Morgan fingerprint density at radius 1 is 1.29 bits per heavy atom. The Morgan fingerprint density at radius 3 is 2.83 bits per heavy atom. The molecule has 0 bridgehead atoms. The third-order valence-electron chi connectivity index (χ3n) is 6.91. The monoisotopic (exact) mass is 498 g/mol. The number of nitrogens with one attached hydrogen (secondary N) is 1. The van der Waals surface area contributed by atoms with Gasteiger partial charge in [-0.25, -0.2) is 14.4 Å². The molecular weight excluding hydrogens is 463 g/mol. The van der Waals surface area contributed by atoms with Gasteiger partial charge in [0.05, 0.1) is 17.7 Å². The molecule has 0 atom stereocenters. The zero-order valence-electron chi connectivity index (χ0n) is 20.5. The Morgan fingerprint density at radius 2 is 2.09 bits per heavy atom. The third-order valence-corrected chi connectivity index (χ3v) is 7.82. The Hall–Kier alpha value is -2.58. The molecule has 2 aromatic heterocycles. The highest BCUT2D eigenvalue weighted by Crippen LogP contribution is 2.28. The van der Waals surface area contributed by atoms with Crippen molar-refractivity contribution in [2.24, 2.45) is 5.92 Å². The number of hydrogen-bond acceptors (Lipinski definition) is 6. The van der Waals surface area contributed by atoms with E-state index >= 15 is 0 Å². The molecule has 1 aliphatic carbocycles. The second-order valence-electron chi connectivity index (χ2n) is 9.56. The molecule has 8 heteroatoms. The van der Waals surface area contributed by atoms with E-state index in [9.17, 15) is 9.18 Å². The zero-order valence-corrected chi connectivity index (χ0v) is 21.3. The fourth-order valence-corrected chi connectivity index (χ4v) is 5.75. The van der Waals surface area contributed by atoms with Crippen molar-refractivity contribution in [1.29, 1.82) is 0 Å². The van der Waals surface area contributed by atoms with Crippen LogP contribution in [0.4, 0.5) is 4.39 Å². The van der Waals surface area contributed by atoms with Crippen LogP contribution in [0.3, 0.4) is 0 Å². The van der Waals surface area contributed by atoms with Crippen molar-refractivity contribution in [3.8, 4) is 5.88 Å². The van der Waals surface area contributed by atoms with Crippen molar-refractivity contribution in [3.63, 3.8) is 0 Å². The number of aromatic nitrogens is 2. The first-order valence-electron chi connectivity index (χ1n) is 12.5. The number of thiazole rings is 1. The van der Waals surface area contributed by atoms with Crippen LogP contribution in [0.25, 0.3) is 0 Å². The van der Waals surface area contributed by atoms with Crippen LogP contribution in [0.15, 0.2) is 43.1 Å². The number of aryl methyl sites for hydroxylation is 1. The third kappa shape index (κ3) is 7.97. The van der Waals surface area contributed by atoms with Gasteiger partial charge in [0.2, 0.25) is 11.8 Å². The molecule has 1 saturated carbocycles. The molecule has 2 aliphatic rings. The van der Waals surface area contributed by atoms with E-state index in [1.807, 2.05) is 19.2 Å². The van der Waals surface area contributed by atoms with Gasteiger partial charge in [0.1, 0.15) is 5.83 Å². The average Bonchev–Trinajstić information content (AvgIpc) is 3.12. The minimum Gasteiger partial charge on any atom is -0.447 e. The normalized spacial score (nSPS) is 20.9. The van der Waals surface area contributed by atoms with Gasteiger partial charge in [0.25, 0.3) is 0 Å². The maximum absolute atomic E-state index is 12.7. The fraction of sp³-hybridized carbons (Fsp3) is 0.519. The number of nitrogens with zero attached hydrogens (tertiary/aromatic N) is 3. The van der Waals surface area contributed by atoms with Gasteiger partial charge >= 0.3 is 0 Å². The second-order valence-corrected chi connectivity index (χ2v) is 10.9. The molecule has 4 rings (SSSR count). The van der Waals surface area contributed by atoms with Crippen LogP contribution in [0.5, 0.6) is 5.88 Å². The molecule has 6 nitrogen and oxygen atoms in total. The minimum absolute atomic E-state index is 0.118. The number of fused-ring (bicyclic) bond motifs is 1. The Labute approximate surface area is 211 Å². The Balaban J connectivity index is 1.16. The Bertz CT molecular complexity index is 1050. The van der Waals surface area contributed by atoms with Crippen molar-refractivity contribution in [2.45, 2.75) is 64.3 Å². The van der Waals surface area contributed by atoms with Crippen molar-refractivity contribution in [2.75, 3.05) is 19.6 Å². The van der Waals surface area contributed by atoms with E-state index in [-0.39, 0.29) is 5.91 Å². The van der Waals surface area contributed by atoms with Crippen molar-refractivity contribution in [1.82, 2.24) is 20.2 Å². The molecule has 0 saturated heterocycles. The summed E-state index contributed by atoms with van der Waals surface area (Å²) < 4.78 is 18.1. The molecule has 1 N–H and O–H groups in total. The molecule has 0 spiro atoms. The van der Waals surface area contributed by atoms with Crippen LogP contribution in [0.1, 0.15) is 53.2 Å². The van der Waals surface area contributed by atoms with E-state index < -0.39 is 5.83 Å². The van der Waals surface area contributed by atoms with Gasteiger partial charge in [0, 0.05) is 54.5 Å². The number of amides is 1. The molecule has 35 heavy (non-hydrogen) atoms. The van der Waals surface area contributed by atoms with Crippen LogP contribution in [0, 0.1) is 12.8 Å². The summed E-state index contributed by atoms with van der Waals surface area (Å²) in [5, 5.41) is 4.23. The summed E-state index contributed by atoms with van der Waals surface area (Å²) in [6, 6.07) is 4.22. The van der Waals surface area contributed by atoms with Gasteiger partial charge < -0.3 is 15.0 Å². The van der Waals surface area contributed by atoms with Gasteiger partial charge in [0.15, 0.2) is 0 Å². The van der Waals surface area contributed by atoms with E-state index in [0.717, 1.165) is 66.8 Å². The van der Waals surface area contributed by atoms with E-state index in [4.69, 9.17) is 4.74 Å². The highest BCUT2D eigenvalue weighted by atomic mass is 32.1. The van der Waals surface area contributed by atoms with Crippen LogP contribution in [0.2, 0.25) is 0 Å². The number of ether oxygens (including phenoxy) is 1. The van der Waals surface area contributed by atoms with Crippen LogP contribution < -0.4 is 10.1 Å². The first-order chi connectivity index (χ1) is 16.9. The lowest BCUT2D eigenvalue weighted by Gasteiger charge is -2.30. The van der Waals surface area contributed by atoms with E-state index in [2.05, 4.69) is 32.8 Å². The minimum atomic E-state index is -0.546. The average molecular weight is 499 g/mol. The van der Waals surface area contributed by atoms with E-state index in [0.29, 0.717) is 18.3 Å². The first-order valence-corrected chi connectivity index (χ1v) is 13.4. The van der Waals surface area contributed by atoms with Gasteiger partial charge in [-0.3, -0.25) is 4.79 Å². The second kappa shape index (κ2) is 12.4. The predicted molar refractivity (Wildman–Crippen MR) is 137 cm³/mol. The number of pyridine rings is 1. The summed E-state index contributed by atoms with van der Waals surface area (Å²) in [4.78, 5) is 24.8. The molecule has 188 valence electrons. The molecular formula is C27H35FN4O2S. The topological polar surface area (TPSA) is 67.3 Å². The summed E-state index contributed by atoms with van der Waals surface area (Å²) in [7, 11) is 0. The molecule has 1 amide bonds. The molecule has 0 unspecified atom stereocenters. The maximum atomic E-state index is 12.7. The van der Waals surface area contributed by atoms with E-state index in [1.54, 1.807) is 11.3 Å². The summed E-state index contributed by atoms with van der Waals surface area (Å²) in [6.07, 6.45) is 12.3. The lowest BCUT2D eigenvalue weighted by atomic mass is 9.84. The van der Waals surface area contributed by atoms with Crippen LogP contribution >= 0.6 is 11.3 Å². The largest absolute Gasteiger partial charge is 0.447 e. The molecule has 1 fully saturated rings. The van der Waals surface area contributed by atoms with Gasteiger partial charge in [-0.1, -0.05) is 12.6 Å². The van der Waals surface area contributed by atoms with Crippen molar-refractivity contribution >= 4 is 17.2 Å². The smallest absolute Gasteiger partial charge is 0.225 e. The van der Waals surface area contributed by atoms with E-state index in [1.165, 1.54) is 37.2 Å². The zero-order chi connectivity index (χ0) is 24.6. The quantitative estimate of drug-likeness (QED) is 0.392. The molecule has 3 heterocycles. The lowest BCUT2D eigenvalue weighted by molar-refractivity contribution is -0.121. The SMILES string of the molecule is C=C(F)/C=C/Oc1ccc2c(n1)CCN(CCC1CCC(NC(=O)Cc3cnc(C)s3)CC1)CC2. The number of carbonyl (C=O) groups is 1. The highest BCUT2D eigenvalue weighted by Gasteiger charge is 2.24. The summed E-state index contributed by atoms with van der Waals surface area (Å²) in [6.45, 7) is 8.28. The first kappa shape index (κ1) is 25.5. The van der Waals surface area contributed by atoms with Crippen LogP contribution in [-0.2, 0) is 24.1 Å². The molecule has 2 aromatic rings. The molecule has 0 radical (unpaired) electrons. The molecule has 1 aliphatic heterocycles. The van der Waals surface area contributed by atoms with Crippen LogP contribution in [-0.4, -0.2) is 46.5 Å². The number of rotatable bonds is 9. The van der Waals surface area contributed by atoms with Gasteiger partial charge in [-0.15, -0.1) is 11.3 Å². The molecule has 0 aromatic carbocycles. The Kier molecular flexibility index (Phi) is 9.04. The number of allylic oxidation sites excluding steroid dienone is 2. The van der Waals surface area contributed by atoms with Gasteiger partial charge in [-0.2, -0.15) is 0 Å². The van der Waals surface area contributed by atoms with Crippen molar-refractivity contribution < 1.29 is 13.9 Å². The highest BCUT2D eigenvalue weighted by molar-refractivity contribution is 7.11. The van der Waals surface area contributed by atoms with Gasteiger partial charge in [-0.05, 0) is 63.5 Å². The predicted octanol–water partition coefficient (Wildman–Crippen LogP) is 4.93. The summed E-state index contributed by atoms with van der Waals surface area (Å²) >= 11 is 1.60. The fourth-order valence-electron chi connectivity index (χ4n) is 4.96. The number of halogens is 1. The number of carbonyl (C=O) groups excluding carboxylic acids is 1.